The maximum absolute atomic E-state index is 13.1. The minimum absolute atomic E-state index is 0.105. The molecule has 3 N–H and O–H groups in total. The fourth-order valence-corrected chi connectivity index (χ4v) is 4.09. The van der Waals surface area contributed by atoms with Gasteiger partial charge in [0.1, 0.15) is 0 Å². The highest BCUT2D eigenvalue weighted by Crippen LogP contribution is 2.28. The highest BCUT2D eigenvalue weighted by atomic mass is 35.5. The number of amides is 2. The third kappa shape index (κ3) is 4.33. The summed E-state index contributed by atoms with van der Waals surface area (Å²) in [6, 6.07) is 19.1. The van der Waals surface area contributed by atoms with Crippen molar-refractivity contribution in [3.8, 4) is 0 Å². The predicted molar refractivity (Wildman–Crippen MR) is 121 cm³/mol. The van der Waals surface area contributed by atoms with E-state index in [1.165, 1.54) is 12.1 Å². The summed E-state index contributed by atoms with van der Waals surface area (Å²) in [7, 11) is 0. The molecule has 7 heteroatoms. The number of fused-ring (bicyclic) bond motifs is 1. The number of hydrogen-bond acceptors (Lipinski definition) is 3. The molecule has 30 heavy (non-hydrogen) atoms. The summed E-state index contributed by atoms with van der Waals surface area (Å²) < 4.78 is 0. The molecule has 0 bridgehead atoms. The molecule has 1 aliphatic heterocycles. The fraction of sp³-hybridized carbons (Fsp3) is 0.130. The Morgan fingerprint density at radius 2 is 1.60 bits per heavy atom. The van der Waals surface area contributed by atoms with Crippen LogP contribution in [0.15, 0.2) is 66.7 Å². The summed E-state index contributed by atoms with van der Waals surface area (Å²) in [6.07, 6.45) is 0.748. The van der Waals surface area contributed by atoms with E-state index in [2.05, 4.69) is 5.32 Å². The zero-order valence-electron chi connectivity index (χ0n) is 15.9. The first-order chi connectivity index (χ1) is 14.4. The number of anilines is 2. The Kier molecular flexibility index (Phi) is 5.77. The van der Waals surface area contributed by atoms with E-state index in [-0.39, 0.29) is 17.9 Å². The molecule has 0 fully saturated rings. The average molecular weight is 440 g/mol. The van der Waals surface area contributed by atoms with Gasteiger partial charge < -0.3 is 16.0 Å². The molecule has 2 amide bonds. The van der Waals surface area contributed by atoms with E-state index in [1.807, 2.05) is 24.3 Å². The number of carbonyl (C=O) groups excluding carboxylic acids is 2. The van der Waals surface area contributed by atoms with Gasteiger partial charge in [0.15, 0.2) is 0 Å². The molecular formula is C23H19Cl2N3O2. The normalized spacial score (nSPS) is 15.4. The lowest BCUT2D eigenvalue weighted by Gasteiger charge is -2.33. The van der Waals surface area contributed by atoms with Gasteiger partial charge in [0.2, 0.25) is 0 Å². The summed E-state index contributed by atoms with van der Waals surface area (Å²) in [6.45, 7) is 0.462. The van der Waals surface area contributed by atoms with Gasteiger partial charge in [-0.05, 0) is 60.5 Å². The second kappa shape index (κ2) is 8.48. The van der Waals surface area contributed by atoms with Gasteiger partial charge in [-0.25, -0.2) is 0 Å². The monoisotopic (exact) mass is 439 g/mol. The molecule has 0 aliphatic carbocycles. The van der Waals surface area contributed by atoms with Crippen LogP contribution < -0.4 is 16.0 Å². The summed E-state index contributed by atoms with van der Waals surface area (Å²) in [5.74, 6) is -0.466. The summed E-state index contributed by atoms with van der Waals surface area (Å²) in [5.41, 5.74) is 9.53. The van der Waals surface area contributed by atoms with Crippen molar-refractivity contribution < 1.29 is 9.59 Å². The molecule has 0 radical (unpaired) electrons. The Hall–Kier alpha value is -2.86. The topological polar surface area (TPSA) is 75.4 Å². The van der Waals surface area contributed by atoms with Crippen LogP contribution in [-0.4, -0.2) is 24.4 Å². The molecular weight excluding hydrogens is 421 g/mol. The van der Waals surface area contributed by atoms with Gasteiger partial charge in [-0.3, -0.25) is 9.59 Å². The van der Waals surface area contributed by atoms with E-state index in [4.69, 9.17) is 28.9 Å². The van der Waals surface area contributed by atoms with Gasteiger partial charge in [0.25, 0.3) is 11.8 Å². The van der Waals surface area contributed by atoms with Crippen LogP contribution in [0.1, 0.15) is 26.3 Å². The van der Waals surface area contributed by atoms with Crippen molar-refractivity contribution in [2.45, 2.75) is 12.5 Å². The molecule has 3 aromatic rings. The Morgan fingerprint density at radius 3 is 2.30 bits per heavy atom. The first kappa shape index (κ1) is 20.4. The van der Waals surface area contributed by atoms with Crippen LogP contribution in [0.3, 0.4) is 0 Å². The standard InChI is InChI=1S/C23H19Cl2N3O2/c24-17-9-16(10-18(25)12-17)22(29)27-20-7-5-14(6-8-20)23(30)28-13-19(26)11-15-3-1-2-4-21(15)28/h1-10,12,19H,11,13,26H2,(H,27,29). The summed E-state index contributed by atoms with van der Waals surface area (Å²) in [5, 5.41) is 3.55. The fourth-order valence-electron chi connectivity index (χ4n) is 3.56. The predicted octanol–water partition coefficient (Wildman–Crippen LogP) is 4.78. The summed E-state index contributed by atoms with van der Waals surface area (Å²) >= 11 is 11.9. The SMILES string of the molecule is NC1Cc2ccccc2N(C(=O)c2ccc(NC(=O)c3cc(Cl)cc(Cl)c3)cc2)C1. The zero-order chi connectivity index (χ0) is 21.3. The van der Waals surface area contributed by atoms with Crippen molar-refractivity contribution in [1.29, 1.82) is 0 Å². The van der Waals surface area contributed by atoms with Crippen LogP contribution in [-0.2, 0) is 6.42 Å². The highest BCUT2D eigenvalue weighted by Gasteiger charge is 2.27. The quantitative estimate of drug-likeness (QED) is 0.616. The summed E-state index contributed by atoms with van der Waals surface area (Å²) in [4.78, 5) is 27.2. The van der Waals surface area contributed by atoms with Crippen LogP contribution in [0.25, 0.3) is 0 Å². The Labute approximate surface area is 184 Å². The van der Waals surface area contributed by atoms with E-state index in [1.54, 1.807) is 35.2 Å². The van der Waals surface area contributed by atoms with Crippen LogP contribution in [0, 0.1) is 0 Å². The van der Waals surface area contributed by atoms with Crippen molar-refractivity contribution in [3.63, 3.8) is 0 Å². The molecule has 0 saturated carbocycles. The molecule has 1 unspecified atom stereocenters. The lowest BCUT2D eigenvalue weighted by atomic mass is 9.97. The molecule has 5 nitrogen and oxygen atoms in total. The number of rotatable bonds is 3. The molecule has 0 aromatic heterocycles. The van der Waals surface area contributed by atoms with E-state index in [0.29, 0.717) is 33.4 Å². The van der Waals surface area contributed by atoms with Gasteiger partial charge in [0, 0.05) is 45.1 Å². The molecule has 3 aromatic carbocycles. The largest absolute Gasteiger partial charge is 0.326 e. The molecule has 152 valence electrons. The minimum atomic E-state index is -0.339. The smallest absolute Gasteiger partial charge is 0.258 e. The van der Waals surface area contributed by atoms with Crippen LogP contribution >= 0.6 is 23.2 Å². The Balaban J connectivity index is 1.51. The average Bonchev–Trinajstić information content (AvgIpc) is 2.72. The van der Waals surface area contributed by atoms with E-state index in [9.17, 15) is 9.59 Å². The van der Waals surface area contributed by atoms with Crippen molar-refractivity contribution >= 4 is 46.4 Å². The maximum atomic E-state index is 13.1. The van der Waals surface area contributed by atoms with Gasteiger partial charge in [-0.1, -0.05) is 41.4 Å². The number of nitrogens with one attached hydrogen (secondary N) is 1. The van der Waals surface area contributed by atoms with Crippen molar-refractivity contribution in [2.75, 3.05) is 16.8 Å². The number of halogens is 2. The highest BCUT2D eigenvalue weighted by molar-refractivity contribution is 6.35. The number of nitrogens with zero attached hydrogens (tertiary/aromatic N) is 1. The van der Waals surface area contributed by atoms with Crippen LogP contribution in [0.5, 0.6) is 0 Å². The number of hydrogen-bond donors (Lipinski definition) is 2. The van der Waals surface area contributed by atoms with E-state index < -0.39 is 0 Å². The Morgan fingerprint density at radius 1 is 0.933 bits per heavy atom. The van der Waals surface area contributed by atoms with Gasteiger partial charge in [0.05, 0.1) is 0 Å². The van der Waals surface area contributed by atoms with E-state index >= 15 is 0 Å². The third-order valence-electron chi connectivity index (χ3n) is 4.94. The van der Waals surface area contributed by atoms with Crippen LogP contribution in [0.4, 0.5) is 11.4 Å². The molecule has 1 aliphatic rings. The lowest BCUT2D eigenvalue weighted by Crippen LogP contribution is -2.46. The third-order valence-corrected chi connectivity index (χ3v) is 5.38. The number of nitrogens with two attached hydrogens (primary N) is 1. The molecule has 1 heterocycles. The Bertz CT molecular complexity index is 1100. The van der Waals surface area contributed by atoms with Crippen molar-refractivity contribution in [2.24, 2.45) is 5.73 Å². The van der Waals surface area contributed by atoms with E-state index in [0.717, 1.165) is 17.7 Å². The second-order valence-electron chi connectivity index (χ2n) is 7.20. The van der Waals surface area contributed by atoms with Crippen molar-refractivity contribution in [1.82, 2.24) is 0 Å². The number of benzene rings is 3. The zero-order valence-corrected chi connectivity index (χ0v) is 17.5. The first-order valence-electron chi connectivity index (χ1n) is 9.43. The number of para-hydroxylation sites is 1. The lowest BCUT2D eigenvalue weighted by molar-refractivity contribution is 0.0982. The molecule has 4 rings (SSSR count). The first-order valence-corrected chi connectivity index (χ1v) is 10.2. The molecule has 0 saturated heterocycles. The van der Waals surface area contributed by atoms with Crippen LogP contribution in [0.2, 0.25) is 10.0 Å². The number of carbonyl (C=O) groups is 2. The second-order valence-corrected chi connectivity index (χ2v) is 8.07. The van der Waals surface area contributed by atoms with Gasteiger partial charge in [-0.15, -0.1) is 0 Å². The maximum Gasteiger partial charge on any atom is 0.258 e. The molecule has 1 atom stereocenters. The van der Waals surface area contributed by atoms with Gasteiger partial charge >= 0.3 is 0 Å². The van der Waals surface area contributed by atoms with Gasteiger partial charge in [-0.2, -0.15) is 0 Å². The van der Waals surface area contributed by atoms with Crippen molar-refractivity contribution in [3.05, 3.63) is 93.5 Å². The minimum Gasteiger partial charge on any atom is -0.326 e. The molecule has 0 spiro atoms.